The van der Waals surface area contributed by atoms with E-state index < -0.39 is 0 Å². The molecule has 0 aromatic carbocycles. The van der Waals surface area contributed by atoms with E-state index in [1.807, 2.05) is 0 Å². The summed E-state index contributed by atoms with van der Waals surface area (Å²) < 4.78 is 0. The normalized spacial score (nSPS) is 16.4. The number of pyridine rings is 1. The molecule has 0 spiro atoms. The van der Waals surface area contributed by atoms with Gasteiger partial charge in [0.1, 0.15) is 5.65 Å². The Morgan fingerprint density at radius 1 is 1.29 bits per heavy atom. The van der Waals surface area contributed by atoms with Crippen LogP contribution in [0.3, 0.4) is 0 Å². The van der Waals surface area contributed by atoms with E-state index in [2.05, 4.69) is 25.9 Å². The number of aromatic nitrogens is 3. The summed E-state index contributed by atoms with van der Waals surface area (Å²) in [6, 6.07) is 4.23. The van der Waals surface area contributed by atoms with E-state index in [4.69, 9.17) is 0 Å². The molecule has 1 N–H and O–H groups in total. The summed E-state index contributed by atoms with van der Waals surface area (Å²) in [5, 5.41) is 0.741. The number of rotatable bonds is 1. The smallest absolute Gasteiger partial charge is 0.250 e. The van der Waals surface area contributed by atoms with Gasteiger partial charge in [0, 0.05) is 36.8 Å². The van der Waals surface area contributed by atoms with Gasteiger partial charge in [0.25, 0.3) is 0 Å². The molecular weight excluding hydrogens is 216 g/mol. The van der Waals surface area contributed by atoms with Crippen molar-refractivity contribution in [1.29, 1.82) is 0 Å². The highest BCUT2D eigenvalue weighted by Crippen LogP contribution is 2.16. The van der Waals surface area contributed by atoms with E-state index in [0.29, 0.717) is 11.6 Å². The first kappa shape index (κ1) is 10.3. The summed E-state index contributed by atoms with van der Waals surface area (Å²) in [6.07, 6.45) is 5.34. The van der Waals surface area contributed by atoms with Crippen molar-refractivity contribution >= 4 is 17.0 Å². The molecule has 2 aromatic rings. The molecule has 2 aromatic heterocycles. The highest BCUT2D eigenvalue weighted by molar-refractivity contribution is 5.73. The number of anilines is 1. The molecule has 3 heterocycles. The molecule has 1 aliphatic rings. The molecule has 17 heavy (non-hydrogen) atoms. The molecule has 1 radical (unpaired) electrons. The minimum absolute atomic E-state index is 0.180. The van der Waals surface area contributed by atoms with Crippen LogP contribution in [0.5, 0.6) is 0 Å². The van der Waals surface area contributed by atoms with Gasteiger partial charge in [0.2, 0.25) is 11.5 Å². The van der Waals surface area contributed by atoms with Gasteiger partial charge in [-0.2, -0.15) is 4.98 Å². The minimum Gasteiger partial charge on any atom is -0.341 e. The second-order valence-corrected chi connectivity index (χ2v) is 4.26. The van der Waals surface area contributed by atoms with Gasteiger partial charge in [-0.3, -0.25) is 4.79 Å². The Hall–Kier alpha value is -1.91. The quantitative estimate of drug-likeness (QED) is 0.795. The van der Waals surface area contributed by atoms with E-state index in [-0.39, 0.29) is 5.56 Å². The Labute approximate surface area is 98.5 Å². The number of aromatic amines is 1. The lowest BCUT2D eigenvalue weighted by atomic mass is 10.1. The Kier molecular flexibility index (Phi) is 2.51. The van der Waals surface area contributed by atoms with Crippen LogP contribution in [0.1, 0.15) is 19.3 Å². The molecule has 0 unspecified atom stereocenters. The first-order chi connectivity index (χ1) is 8.33. The first-order valence-corrected chi connectivity index (χ1v) is 5.86. The fourth-order valence-electron chi connectivity index (χ4n) is 2.12. The van der Waals surface area contributed by atoms with Crippen LogP contribution in [0.4, 0.5) is 5.95 Å². The van der Waals surface area contributed by atoms with Crippen molar-refractivity contribution in [2.24, 2.45) is 0 Å². The zero-order chi connectivity index (χ0) is 11.7. The van der Waals surface area contributed by atoms with Crippen molar-refractivity contribution in [2.75, 3.05) is 18.0 Å². The van der Waals surface area contributed by atoms with Crippen molar-refractivity contribution < 1.29 is 0 Å². The molecule has 3 rings (SSSR count). The molecule has 0 saturated carbocycles. The molecule has 1 aliphatic heterocycles. The van der Waals surface area contributed by atoms with Crippen LogP contribution < -0.4 is 10.5 Å². The van der Waals surface area contributed by atoms with Crippen LogP contribution >= 0.6 is 0 Å². The maximum atomic E-state index is 11.2. The molecule has 0 bridgehead atoms. The molecule has 5 heteroatoms. The SMILES string of the molecule is O=c1c[c]c2cnc(N3CCCCC3)nc2[nH]1. The maximum Gasteiger partial charge on any atom is 0.250 e. The number of fused-ring (bicyclic) bond motifs is 1. The highest BCUT2D eigenvalue weighted by atomic mass is 16.1. The average Bonchev–Trinajstić information content (AvgIpc) is 2.39. The van der Waals surface area contributed by atoms with Crippen LogP contribution in [0, 0.1) is 6.07 Å². The largest absolute Gasteiger partial charge is 0.341 e. The number of hydrogen-bond acceptors (Lipinski definition) is 4. The molecule has 0 aliphatic carbocycles. The molecule has 1 saturated heterocycles. The van der Waals surface area contributed by atoms with Gasteiger partial charge in [-0.05, 0) is 19.3 Å². The van der Waals surface area contributed by atoms with Crippen LogP contribution in [0.25, 0.3) is 11.0 Å². The summed E-state index contributed by atoms with van der Waals surface area (Å²) in [4.78, 5) is 24.8. The van der Waals surface area contributed by atoms with E-state index in [9.17, 15) is 4.79 Å². The fraction of sp³-hybridized carbons (Fsp3) is 0.417. The topological polar surface area (TPSA) is 61.9 Å². The summed E-state index contributed by atoms with van der Waals surface area (Å²) in [6.45, 7) is 1.98. The molecule has 0 amide bonds. The molecule has 87 valence electrons. The molecule has 5 nitrogen and oxygen atoms in total. The summed E-state index contributed by atoms with van der Waals surface area (Å²) in [5.74, 6) is 0.701. The molecule has 0 atom stereocenters. The van der Waals surface area contributed by atoms with Crippen LogP contribution in [-0.4, -0.2) is 28.0 Å². The monoisotopic (exact) mass is 229 g/mol. The Morgan fingerprint density at radius 3 is 2.94 bits per heavy atom. The third kappa shape index (κ3) is 2.00. The summed E-state index contributed by atoms with van der Waals surface area (Å²) >= 11 is 0. The zero-order valence-corrected chi connectivity index (χ0v) is 9.44. The lowest BCUT2D eigenvalue weighted by molar-refractivity contribution is 0.569. The van der Waals surface area contributed by atoms with Gasteiger partial charge >= 0.3 is 0 Å². The van der Waals surface area contributed by atoms with Crippen molar-refractivity contribution in [1.82, 2.24) is 15.0 Å². The van der Waals surface area contributed by atoms with Crippen molar-refractivity contribution in [3.63, 3.8) is 0 Å². The second kappa shape index (κ2) is 4.16. The average molecular weight is 229 g/mol. The summed E-state index contributed by atoms with van der Waals surface area (Å²) in [7, 11) is 0. The van der Waals surface area contributed by atoms with Crippen LogP contribution in [0.15, 0.2) is 17.1 Å². The zero-order valence-electron chi connectivity index (χ0n) is 9.44. The van der Waals surface area contributed by atoms with Gasteiger partial charge in [0.15, 0.2) is 0 Å². The lowest BCUT2D eigenvalue weighted by Gasteiger charge is -2.26. The van der Waals surface area contributed by atoms with Crippen molar-refractivity contribution in [3.8, 4) is 0 Å². The van der Waals surface area contributed by atoms with Crippen LogP contribution in [-0.2, 0) is 0 Å². The van der Waals surface area contributed by atoms with Gasteiger partial charge < -0.3 is 9.88 Å². The Balaban J connectivity index is 2.02. The Morgan fingerprint density at radius 2 is 2.12 bits per heavy atom. The number of nitrogens with one attached hydrogen (secondary N) is 1. The Bertz CT molecular complexity index is 586. The third-order valence-corrected chi connectivity index (χ3v) is 3.02. The van der Waals surface area contributed by atoms with Gasteiger partial charge in [0.05, 0.1) is 0 Å². The maximum absolute atomic E-state index is 11.2. The second-order valence-electron chi connectivity index (χ2n) is 4.26. The number of hydrogen-bond donors (Lipinski definition) is 1. The number of nitrogens with zero attached hydrogens (tertiary/aromatic N) is 3. The summed E-state index contributed by atoms with van der Waals surface area (Å²) in [5.41, 5.74) is 0.383. The van der Waals surface area contributed by atoms with Crippen molar-refractivity contribution in [2.45, 2.75) is 19.3 Å². The predicted molar refractivity (Wildman–Crippen MR) is 65.1 cm³/mol. The molecule has 1 fully saturated rings. The lowest BCUT2D eigenvalue weighted by Crippen LogP contribution is -2.31. The fourth-order valence-corrected chi connectivity index (χ4v) is 2.12. The highest BCUT2D eigenvalue weighted by Gasteiger charge is 2.13. The minimum atomic E-state index is -0.180. The van der Waals surface area contributed by atoms with Gasteiger partial charge in [-0.25, -0.2) is 4.98 Å². The molecular formula is C12H13N4O. The van der Waals surface area contributed by atoms with Gasteiger partial charge in [-0.15, -0.1) is 0 Å². The first-order valence-electron chi connectivity index (χ1n) is 5.86. The van der Waals surface area contributed by atoms with E-state index >= 15 is 0 Å². The van der Waals surface area contributed by atoms with E-state index in [0.717, 1.165) is 18.5 Å². The van der Waals surface area contributed by atoms with E-state index in [1.54, 1.807) is 6.20 Å². The predicted octanol–water partition coefficient (Wildman–Crippen LogP) is 1.11. The van der Waals surface area contributed by atoms with E-state index in [1.165, 1.54) is 25.3 Å². The standard InChI is InChI=1S/C12H13N4O/c17-10-5-4-9-8-13-12(15-11(9)14-10)16-6-2-1-3-7-16/h5,8H,1-3,6-7H2,(H,13,14,15,17). The number of piperidine rings is 1. The number of H-pyrrole nitrogens is 1. The third-order valence-electron chi connectivity index (χ3n) is 3.02. The van der Waals surface area contributed by atoms with Gasteiger partial charge in [-0.1, -0.05) is 0 Å². The van der Waals surface area contributed by atoms with Crippen LogP contribution in [0.2, 0.25) is 0 Å². The van der Waals surface area contributed by atoms with Crippen molar-refractivity contribution in [3.05, 3.63) is 28.7 Å².